The van der Waals surface area contributed by atoms with Crippen LogP contribution in [-0.4, -0.2) is 33.5 Å². The zero-order chi connectivity index (χ0) is 20.2. The summed E-state index contributed by atoms with van der Waals surface area (Å²) >= 11 is 0. The van der Waals surface area contributed by atoms with E-state index in [1.54, 1.807) is 19.2 Å². The lowest BCUT2D eigenvalue weighted by atomic mass is 9.99. The van der Waals surface area contributed by atoms with Gasteiger partial charge in [0.05, 0.1) is 30.2 Å². The highest BCUT2D eigenvalue weighted by molar-refractivity contribution is 6.74. The predicted molar refractivity (Wildman–Crippen MR) is 108 cm³/mol. The molecule has 1 aromatic carbocycles. The molecule has 1 aliphatic heterocycles. The summed E-state index contributed by atoms with van der Waals surface area (Å²) < 4.78 is 12.1. The number of benzene rings is 1. The van der Waals surface area contributed by atoms with Crippen LogP contribution in [-0.2, 0) is 9.22 Å². The average molecular weight is 387 g/mol. The van der Waals surface area contributed by atoms with Gasteiger partial charge in [-0.05, 0) is 50.0 Å². The second-order valence-electron chi connectivity index (χ2n) is 9.37. The number of anilines is 1. The summed E-state index contributed by atoms with van der Waals surface area (Å²) in [6.45, 7) is 13.2. The molecule has 2 fully saturated rings. The molecule has 1 saturated heterocycles. The molecule has 1 spiro atoms. The van der Waals surface area contributed by atoms with Crippen LogP contribution >= 0.6 is 0 Å². The van der Waals surface area contributed by atoms with E-state index in [1.165, 1.54) is 0 Å². The third-order valence-corrected chi connectivity index (χ3v) is 11.1. The first-order valence-corrected chi connectivity index (χ1v) is 12.5. The molecule has 3 rings (SSSR count). The Morgan fingerprint density at radius 1 is 1.30 bits per heavy atom. The molecule has 2 atom stereocenters. The Morgan fingerprint density at radius 3 is 2.41 bits per heavy atom. The fourth-order valence-corrected chi connectivity index (χ4v) is 5.17. The Morgan fingerprint density at radius 2 is 1.93 bits per heavy atom. The number of methoxy groups -OCH3 is 1. The monoisotopic (exact) mass is 386 g/mol. The number of hydrogen-bond acceptors (Lipinski definition) is 4. The first kappa shape index (κ1) is 19.9. The number of carbonyl (C=O) groups excluding carboxylic acids is 1. The van der Waals surface area contributed by atoms with E-state index < -0.39 is 8.32 Å². The van der Waals surface area contributed by atoms with Gasteiger partial charge in [0.25, 0.3) is 0 Å². The first-order valence-electron chi connectivity index (χ1n) is 9.58. The van der Waals surface area contributed by atoms with E-state index in [9.17, 15) is 10.1 Å². The van der Waals surface area contributed by atoms with E-state index >= 15 is 0 Å². The minimum Gasteiger partial charge on any atom is -0.495 e. The summed E-state index contributed by atoms with van der Waals surface area (Å²) in [7, 11) is -0.457. The van der Waals surface area contributed by atoms with Crippen LogP contribution in [0.3, 0.4) is 0 Å². The molecule has 2 aliphatic rings. The third-order valence-electron chi connectivity index (χ3n) is 6.63. The van der Waals surface area contributed by atoms with Gasteiger partial charge < -0.3 is 14.1 Å². The minimum atomic E-state index is -2.00. The Hall–Kier alpha value is -1.84. The molecule has 1 amide bonds. The van der Waals surface area contributed by atoms with Gasteiger partial charge in [0.1, 0.15) is 11.8 Å². The van der Waals surface area contributed by atoms with Crippen molar-refractivity contribution in [3.8, 4) is 11.8 Å². The largest absolute Gasteiger partial charge is 0.495 e. The molecule has 6 heteroatoms. The maximum absolute atomic E-state index is 13.4. The average Bonchev–Trinajstić information content (AvgIpc) is 3.36. The van der Waals surface area contributed by atoms with Crippen LogP contribution in [0.2, 0.25) is 18.1 Å². The van der Waals surface area contributed by atoms with Gasteiger partial charge in [-0.2, -0.15) is 5.26 Å². The van der Waals surface area contributed by atoms with Crippen LogP contribution < -0.4 is 9.64 Å². The molecule has 1 aliphatic carbocycles. The van der Waals surface area contributed by atoms with E-state index in [0.29, 0.717) is 11.3 Å². The third kappa shape index (κ3) is 3.07. The molecular formula is C21H30N2O3Si. The van der Waals surface area contributed by atoms with Crippen molar-refractivity contribution in [2.24, 2.45) is 5.41 Å². The van der Waals surface area contributed by atoms with Gasteiger partial charge in [-0.15, -0.1) is 0 Å². The summed E-state index contributed by atoms with van der Waals surface area (Å²) in [5.41, 5.74) is 0.863. The van der Waals surface area contributed by atoms with Crippen LogP contribution in [0.15, 0.2) is 18.2 Å². The quantitative estimate of drug-likeness (QED) is 0.716. The van der Waals surface area contributed by atoms with Gasteiger partial charge in [-0.3, -0.25) is 4.79 Å². The maximum Gasteiger partial charge on any atom is 0.236 e. The van der Waals surface area contributed by atoms with E-state index in [4.69, 9.17) is 9.16 Å². The van der Waals surface area contributed by atoms with Gasteiger partial charge >= 0.3 is 0 Å². The lowest BCUT2D eigenvalue weighted by Crippen LogP contribution is -2.48. The predicted octanol–water partition coefficient (Wildman–Crippen LogP) is 4.47. The van der Waals surface area contributed by atoms with Gasteiger partial charge in [0, 0.05) is 11.8 Å². The second-order valence-corrected chi connectivity index (χ2v) is 14.1. The Bertz CT molecular complexity index is 803. The van der Waals surface area contributed by atoms with Crippen molar-refractivity contribution in [2.45, 2.75) is 70.8 Å². The highest BCUT2D eigenvalue weighted by Crippen LogP contribution is 2.59. The van der Waals surface area contributed by atoms with Crippen molar-refractivity contribution in [3.63, 3.8) is 0 Å². The van der Waals surface area contributed by atoms with Gasteiger partial charge in [-0.1, -0.05) is 20.8 Å². The number of nitriles is 1. The molecule has 0 radical (unpaired) electrons. The molecule has 146 valence electrons. The van der Waals surface area contributed by atoms with E-state index in [0.717, 1.165) is 18.5 Å². The summed E-state index contributed by atoms with van der Waals surface area (Å²) in [5, 5.41) is 9.32. The Kier molecular flexibility index (Phi) is 4.68. The van der Waals surface area contributed by atoms with Crippen LogP contribution in [0.4, 0.5) is 5.69 Å². The molecule has 1 heterocycles. The van der Waals surface area contributed by atoms with Gasteiger partial charge in [-0.25, -0.2) is 0 Å². The molecule has 0 bridgehead atoms. The van der Waals surface area contributed by atoms with Crippen molar-refractivity contribution < 1.29 is 14.0 Å². The maximum atomic E-state index is 13.4. The SMILES string of the molecule is COc1cc(N2C(=O)C3(CC3)C(O[Si](C)(C)C(C)(C)C)C2C)ccc1C#N. The zero-order valence-corrected chi connectivity index (χ0v) is 18.4. The molecule has 27 heavy (non-hydrogen) atoms. The molecular weight excluding hydrogens is 356 g/mol. The summed E-state index contributed by atoms with van der Waals surface area (Å²) in [6.07, 6.45) is 1.69. The Balaban J connectivity index is 1.96. The first-order chi connectivity index (χ1) is 12.5. The molecule has 0 aromatic heterocycles. The van der Waals surface area contributed by atoms with Crippen LogP contribution in [0, 0.1) is 16.7 Å². The number of nitrogens with zero attached hydrogens (tertiary/aromatic N) is 2. The smallest absolute Gasteiger partial charge is 0.236 e. The minimum absolute atomic E-state index is 0.0493. The van der Waals surface area contributed by atoms with E-state index in [2.05, 4.69) is 46.9 Å². The topological polar surface area (TPSA) is 62.6 Å². The molecule has 1 saturated carbocycles. The fourth-order valence-electron chi connectivity index (χ4n) is 3.76. The molecule has 5 nitrogen and oxygen atoms in total. The number of hydrogen-bond donors (Lipinski definition) is 0. The van der Waals surface area contributed by atoms with E-state index in [1.807, 2.05) is 11.0 Å². The second kappa shape index (κ2) is 6.35. The van der Waals surface area contributed by atoms with Gasteiger partial charge in [0.2, 0.25) is 5.91 Å². The summed E-state index contributed by atoms with van der Waals surface area (Å²) in [4.78, 5) is 15.2. The molecule has 0 N–H and O–H groups in total. The molecule has 2 unspecified atom stereocenters. The highest BCUT2D eigenvalue weighted by Gasteiger charge is 2.67. The van der Waals surface area contributed by atoms with Crippen LogP contribution in [0.1, 0.15) is 46.1 Å². The number of amides is 1. The van der Waals surface area contributed by atoms with E-state index in [-0.39, 0.29) is 28.5 Å². The molecule has 1 aromatic rings. The highest BCUT2D eigenvalue weighted by atomic mass is 28.4. The lowest BCUT2D eigenvalue weighted by Gasteiger charge is -2.40. The van der Waals surface area contributed by atoms with Crippen molar-refractivity contribution in [1.82, 2.24) is 0 Å². The summed E-state index contributed by atoms with van der Waals surface area (Å²) in [5.74, 6) is 0.638. The Labute approximate surface area is 163 Å². The fraction of sp³-hybridized carbons (Fsp3) is 0.619. The lowest BCUT2D eigenvalue weighted by molar-refractivity contribution is -0.123. The number of carbonyl (C=O) groups is 1. The number of ether oxygens (including phenoxy) is 1. The van der Waals surface area contributed by atoms with Crippen molar-refractivity contribution >= 4 is 19.9 Å². The normalized spacial score (nSPS) is 24.2. The standard InChI is InChI=1S/C21H30N2O3Si/c1-14-18(26-27(6,7)20(2,3)4)21(10-11-21)19(24)23(14)16-9-8-15(13-22)17(12-16)25-5/h8-9,12,14,18H,10-11H2,1-7H3. The number of rotatable bonds is 4. The summed E-state index contributed by atoms with van der Waals surface area (Å²) in [6, 6.07) is 7.42. The zero-order valence-electron chi connectivity index (χ0n) is 17.4. The van der Waals surface area contributed by atoms with Crippen LogP contribution in [0.25, 0.3) is 0 Å². The van der Waals surface area contributed by atoms with Crippen molar-refractivity contribution in [3.05, 3.63) is 23.8 Å². The van der Waals surface area contributed by atoms with Gasteiger partial charge in [0.15, 0.2) is 8.32 Å². The van der Waals surface area contributed by atoms with Crippen molar-refractivity contribution in [1.29, 1.82) is 5.26 Å². The van der Waals surface area contributed by atoms with Crippen molar-refractivity contribution in [2.75, 3.05) is 12.0 Å². The van der Waals surface area contributed by atoms with Crippen LogP contribution in [0.5, 0.6) is 5.75 Å².